The van der Waals surface area contributed by atoms with Crippen LogP contribution in [0.25, 0.3) is 0 Å². The van der Waals surface area contributed by atoms with Gasteiger partial charge in [0, 0.05) is 11.0 Å². The molecule has 0 saturated heterocycles. The van der Waals surface area contributed by atoms with Gasteiger partial charge in [-0.15, -0.1) is 0 Å². The number of benzene rings is 2. The van der Waals surface area contributed by atoms with Crippen LogP contribution in [0, 0.1) is 0 Å². The summed E-state index contributed by atoms with van der Waals surface area (Å²) in [6.45, 7) is 0.185. The molecule has 0 heterocycles. The first-order valence-corrected chi connectivity index (χ1v) is 8.61. The fourth-order valence-corrected chi connectivity index (χ4v) is 3.36. The zero-order valence-corrected chi connectivity index (χ0v) is 14.0. The molecule has 3 nitrogen and oxygen atoms in total. The van der Waals surface area contributed by atoms with E-state index in [-0.39, 0.29) is 16.5 Å². The molecule has 0 saturated carbocycles. The normalized spacial score (nSPS) is 11.6. The number of halogens is 3. The Hall–Kier alpha value is -0.590. The van der Waals surface area contributed by atoms with Crippen LogP contribution in [0.2, 0.25) is 10.0 Å². The molecular formula is C13H10BrCl2NO2S. The van der Waals surface area contributed by atoms with Crippen molar-refractivity contribution >= 4 is 49.2 Å². The van der Waals surface area contributed by atoms with Gasteiger partial charge in [0.15, 0.2) is 0 Å². The van der Waals surface area contributed by atoms with Gasteiger partial charge in [-0.25, -0.2) is 13.1 Å². The number of rotatable bonds is 4. The van der Waals surface area contributed by atoms with Gasteiger partial charge in [0.25, 0.3) is 0 Å². The fourth-order valence-electron chi connectivity index (χ4n) is 1.54. The average molecular weight is 395 g/mol. The smallest absolute Gasteiger partial charge is 0.207 e. The van der Waals surface area contributed by atoms with E-state index in [1.54, 1.807) is 0 Å². The minimum Gasteiger partial charge on any atom is -0.207 e. The molecule has 0 aliphatic rings. The number of hydrogen-bond donors (Lipinski definition) is 1. The summed E-state index contributed by atoms with van der Waals surface area (Å²) >= 11 is 15.0. The van der Waals surface area contributed by atoms with E-state index in [2.05, 4.69) is 20.7 Å². The summed E-state index contributed by atoms with van der Waals surface area (Å²) in [5, 5.41) is 0.520. The van der Waals surface area contributed by atoms with Crippen molar-refractivity contribution in [3.8, 4) is 0 Å². The Morgan fingerprint density at radius 3 is 2.40 bits per heavy atom. The van der Waals surface area contributed by atoms with Crippen molar-refractivity contribution in [2.24, 2.45) is 0 Å². The molecule has 0 atom stereocenters. The monoisotopic (exact) mass is 393 g/mol. The molecule has 2 rings (SSSR count). The lowest BCUT2D eigenvalue weighted by Crippen LogP contribution is -2.23. The molecule has 2 aromatic carbocycles. The molecule has 0 aliphatic heterocycles. The second kappa shape index (κ2) is 6.45. The van der Waals surface area contributed by atoms with Crippen molar-refractivity contribution in [3.05, 3.63) is 62.5 Å². The molecule has 20 heavy (non-hydrogen) atoms. The predicted octanol–water partition coefficient (Wildman–Crippen LogP) is 4.23. The number of nitrogens with one attached hydrogen (secondary N) is 1. The lowest BCUT2D eigenvalue weighted by atomic mass is 10.2. The Kier molecular flexibility index (Phi) is 5.09. The van der Waals surface area contributed by atoms with Gasteiger partial charge in [-0.2, -0.15) is 0 Å². The molecule has 0 bridgehead atoms. The molecule has 106 valence electrons. The molecule has 0 amide bonds. The van der Waals surface area contributed by atoms with Gasteiger partial charge in [-0.1, -0.05) is 57.3 Å². The molecule has 0 aliphatic carbocycles. The lowest BCUT2D eigenvalue weighted by molar-refractivity contribution is 0.581. The largest absolute Gasteiger partial charge is 0.240 e. The van der Waals surface area contributed by atoms with Gasteiger partial charge in [0.05, 0.1) is 14.9 Å². The second-order valence-corrected chi connectivity index (χ2v) is 7.43. The van der Waals surface area contributed by atoms with Crippen LogP contribution in [0.1, 0.15) is 5.56 Å². The Morgan fingerprint density at radius 2 is 1.75 bits per heavy atom. The fraction of sp³-hybridized carbons (Fsp3) is 0.0769. The van der Waals surface area contributed by atoms with E-state index in [9.17, 15) is 8.42 Å². The first-order chi connectivity index (χ1) is 9.40. The second-order valence-electron chi connectivity index (χ2n) is 3.99. The zero-order chi connectivity index (χ0) is 14.8. The minimum absolute atomic E-state index is 0.0824. The molecule has 0 aromatic heterocycles. The Morgan fingerprint density at radius 1 is 1.05 bits per heavy atom. The third kappa shape index (κ3) is 3.74. The van der Waals surface area contributed by atoms with Gasteiger partial charge in [0.2, 0.25) is 10.0 Å². The van der Waals surface area contributed by atoms with E-state index in [0.717, 1.165) is 10.0 Å². The Bertz CT molecular complexity index is 735. The zero-order valence-electron chi connectivity index (χ0n) is 10.1. The topological polar surface area (TPSA) is 46.2 Å². The van der Waals surface area contributed by atoms with Gasteiger partial charge >= 0.3 is 0 Å². The van der Waals surface area contributed by atoms with E-state index < -0.39 is 10.0 Å². The lowest BCUT2D eigenvalue weighted by Gasteiger charge is -2.09. The summed E-state index contributed by atoms with van der Waals surface area (Å²) in [6.07, 6.45) is 0. The summed E-state index contributed by atoms with van der Waals surface area (Å²) in [5.41, 5.74) is 0.844. The quantitative estimate of drug-likeness (QED) is 0.843. The van der Waals surface area contributed by atoms with Crippen molar-refractivity contribution < 1.29 is 8.42 Å². The van der Waals surface area contributed by atoms with Crippen molar-refractivity contribution in [2.75, 3.05) is 0 Å². The maximum Gasteiger partial charge on any atom is 0.240 e. The minimum atomic E-state index is -3.63. The summed E-state index contributed by atoms with van der Waals surface area (Å²) < 4.78 is 27.7. The van der Waals surface area contributed by atoms with E-state index in [4.69, 9.17) is 23.2 Å². The highest BCUT2D eigenvalue weighted by molar-refractivity contribution is 9.10. The van der Waals surface area contributed by atoms with Crippen molar-refractivity contribution in [3.63, 3.8) is 0 Å². The van der Waals surface area contributed by atoms with Crippen molar-refractivity contribution in [1.29, 1.82) is 0 Å². The third-order valence-electron chi connectivity index (χ3n) is 2.61. The molecule has 7 heteroatoms. The molecule has 0 unspecified atom stereocenters. The summed E-state index contributed by atoms with van der Waals surface area (Å²) in [6, 6.07) is 11.6. The maximum absolute atomic E-state index is 12.2. The Balaban J connectivity index is 2.19. The van der Waals surface area contributed by atoms with Crippen LogP contribution in [0.3, 0.4) is 0 Å². The Labute approximate surface area is 136 Å². The highest BCUT2D eigenvalue weighted by Crippen LogP contribution is 2.25. The predicted molar refractivity (Wildman–Crippen MR) is 84.6 cm³/mol. The van der Waals surface area contributed by atoms with Crippen LogP contribution in [-0.2, 0) is 16.6 Å². The van der Waals surface area contributed by atoms with Gasteiger partial charge in [-0.05, 0) is 29.8 Å². The van der Waals surface area contributed by atoms with E-state index in [1.165, 1.54) is 18.2 Å². The standard InChI is InChI=1S/C13H10BrCl2NO2S/c14-11-4-2-1-3-9(11)8-17-20(18,19)10-5-6-12(15)13(16)7-10/h1-7,17H,8H2. The highest BCUT2D eigenvalue weighted by Gasteiger charge is 2.15. The summed E-state index contributed by atoms with van der Waals surface area (Å²) in [7, 11) is -3.63. The first kappa shape index (κ1) is 15.8. The van der Waals surface area contributed by atoms with Crippen LogP contribution >= 0.6 is 39.1 Å². The van der Waals surface area contributed by atoms with Crippen LogP contribution in [0.4, 0.5) is 0 Å². The van der Waals surface area contributed by atoms with E-state index in [0.29, 0.717) is 5.02 Å². The van der Waals surface area contributed by atoms with Crippen LogP contribution in [0.5, 0.6) is 0 Å². The maximum atomic E-state index is 12.2. The molecule has 2 aromatic rings. The number of hydrogen-bond acceptors (Lipinski definition) is 2. The van der Waals surface area contributed by atoms with Crippen molar-refractivity contribution in [2.45, 2.75) is 11.4 Å². The van der Waals surface area contributed by atoms with Gasteiger partial charge < -0.3 is 0 Å². The number of sulfonamides is 1. The molecule has 0 fully saturated rings. The molecular weight excluding hydrogens is 385 g/mol. The SMILES string of the molecule is O=S(=O)(NCc1ccccc1Br)c1ccc(Cl)c(Cl)c1. The van der Waals surface area contributed by atoms with Crippen LogP contribution in [0.15, 0.2) is 51.8 Å². The molecule has 0 spiro atoms. The van der Waals surface area contributed by atoms with Crippen LogP contribution in [-0.4, -0.2) is 8.42 Å². The van der Waals surface area contributed by atoms with Crippen LogP contribution < -0.4 is 4.72 Å². The van der Waals surface area contributed by atoms with Gasteiger partial charge in [-0.3, -0.25) is 0 Å². The summed E-state index contributed by atoms with van der Waals surface area (Å²) in [4.78, 5) is 0.0824. The highest BCUT2D eigenvalue weighted by atomic mass is 79.9. The van der Waals surface area contributed by atoms with E-state index in [1.807, 2.05) is 24.3 Å². The molecule has 0 radical (unpaired) electrons. The third-order valence-corrected chi connectivity index (χ3v) is 5.52. The van der Waals surface area contributed by atoms with E-state index >= 15 is 0 Å². The molecule has 1 N–H and O–H groups in total. The van der Waals surface area contributed by atoms with Gasteiger partial charge in [0.1, 0.15) is 0 Å². The first-order valence-electron chi connectivity index (χ1n) is 5.58. The summed E-state index contributed by atoms with van der Waals surface area (Å²) in [5.74, 6) is 0. The average Bonchev–Trinajstić information content (AvgIpc) is 2.41. The van der Waals surface area contributed by atoms with Crippen molar-refractivity contribution in [1.82, 2.24) is 4.72 Å².